The van der Waals surface area contributed by atoms with E-state index in [1.165, 1.54) is 5.56 Å². The first-order chi connectivity index (χ1) is 8.09. The third kappa shape index (κ3) is 5.71. The van der Waals surface area contributed by atoms with Gasteiger partial charge in [0.25, 0.3) is 0 Å². The van der Waals surface area contributed by atoms with Gasteiger partial charge in [0.2, 0.25) is 5.91 Å². The summed E-state index contributed by atoms with van der Waals surface area (Å²) in [6.07, 6.45) is 2.28. The summed E-state index contributed by atoms with van der Waals surface area (Å²) in [4.78, 5) is 10.5. The standard InChI is InChI=1S/C13H19ClN2O/c1-10-5-6-11(8-12(10)14)9-16-7-3-2-4-13(15)17/h5-6,8,16H,2-4,7,9H2,1H3,(H2,15,17). The highest BCUT2D eigenvalue weighted by Gasteiger charge is 1.98. The molecule has 0 unspecified atom stereocenters. The van der Waals surface area contributed by atoms with Gasteiger partial charge in [-0.05, 0) is 43.5 Å². The normalized spacial score (nSPS) is 10.5. The smallest absolute Gasteiger partial charge is 0.217 e. The molecule has 94 valence electrons. The second-order valence-corrected chi connectivity index (χ2v) is 4.59. The minimum Gasteiger partial charge on any atom is -0.370 e. The van der Waals surface area contributed by atoms with E-state index in [1.54, 1.807) is 0 Å². The summed E-state index contributed by atoms with van der Waals surface area (Å²) in [5.74, 6) is -0.227. The van der Waals surface area contributed by atoms with Gasteiger partial charge in [0.1, 0.15) is 0 Å². The van der Waals surface area contributed by atoms with Crippen LogP contribution in [-0.4, -0.2) is 12.5 Å². The lowest BCUT2D eigenvalue weighted by molar-refractivity contribution is -0.118. The Morgan fingerprint density at radius 3 is 2.82 bits per heavy atom. The average molecular weight is 255 g/mol. The van der Waals surface area contributed by atoms with Crippen LogP contribution in [0.2, 0.25) is 5.02 Å². The van der Waals surface area contributed by atoms with E-state index in [-0.39, 0.29) is 5.91 Å². The molecule has 3 N–H and O–H groups in total. The molecule has 1 aromatic rings. The van der Waals surface area contributed by atoms with Crippen LogP contribution in [0.5, 0.6) is 0 Å². The summed E-state index contributed by atoms with van der Waals surface area (Å²) in [5, 5.41) is 4.12. The van der Waals surface area contributed by atoms with Crippen molar-refractivity contribution in [3.63, 3.8) is 0 Å². The fraction of sp³-hybridized carbons (Fsp3) is 0.462. The van der Waals surface area contributed by atoms with Gasteiger partial charge in [0.05, 0.1) is 0 Å². The average Bonchev–Trinajstić information content (AvgIpc) is 2.27. The Bertz CT molecular complexity index is 380. The second kappa shape index (κ2) is 7.30. The molecule has 17 heavy (non-hydrogen) atoms. The number of nitrogens with two attached hydrogens (primary N) is 1. The Balaban J connectivity index is 2.18. The minimum absolute atomic E-state index is 0.227. The Hall–Kier alpha value is -1.06. The zero-order chi connectivity index (χ0) is 12.7. The molecule has 0 aliphatic heterocycles. The van der Waals surface area contributed by atoms with Gasteiger partial charge in [0.15, 0.2) is 0 Å². The number of hydrogen-bond acceptors (Lipinski definition) is 2. The van der Waals surface area contributed by atoms with E-state index in [0.29, 0.717) is 6.42 Å². The first-order valence-electron chi connectivity index (χ1n) is 5.83. The third-order valence-corrected chi connectivity index (χ3v) is 3.00. The summed E-state index contributed by atoms with van der Waals surface area (Å²) in [7, 11) is 0. The van der Waals surface area contributed by atoms with Gasteiger partial charge in [-0.1, -0.05) is 23.7 Å². The Morgan fingerprint density at radius 2 is 2.18 bits per heavy atom. The highest BCUT2D eigenvalue weighted by molar-refractivity contribution is 6.31. The van der Waals surface area contributed by atoms with E-state index in [1.807, 2.05) is 19.1 Å². The number of rotatable bonds is 7. The highest BCUT2D eigenvalue weighted by atomic mass is 35.5. The van der Waals surface area contributed by atoms with Gasteiger partial charge in [0, 0.05) is 18.0 Å². The van der Waals surface area contributed by atoms with Crippen LogP contribution < -0.4 is 11.1 Å². The summed E-state index contributed by atoms with van der Waals surface area (Å²) >= 11 is 6.03. The van der Waals surface area contributed by atoms with Crippen molar-refractivity contribution in [3.05, 3.63) is 34.3 Å². The van der Waals surface area contributed by atoms with Crippen LogP contribution >= 0.6 is 11.6 Å². The Kier molecular flexibility index (Phi) is 6.01. The maximum atomic E-state index is 10.5. The minimum atomic E-state index is -0.227. The fourth-order valence-corrected chi connectivity index (χ4v) is 1.73. The molecule has 0 aliphatic rings. The lowest BCUT2D eigenvalue weighted by atomic mass is 10.1. The van der Waals surface area contributed by atoms with E-state index >= 15 is 0 Å². The number of benzene rings is 1. The van der Waals surface area contributed by atoms with E-state index in [4.69, 9.17) is 17.3 Å². The maximum Gasteiger partial charge on any atom is 0.217 e. The van der Waals surface area contributed by atoms with Crippen LogP contribution in [0.4, 0.5) is 0 Å². The van der Waals surface area contributed by atoms with Crippen LogP contribution in [-0.2, 0) is 11.3 Å². The van der Waals surface area contributed by atoms with Crippen molar-refractivity contribution >= 4 is 17.5 Å². The van der Waals surface area contributed by atoms with Crippen molar-refractivity contribution in [2.45, 2.75) is 32.7 Å². The summed E-state index contributed by atoms with van der Waals surface area (Å²) in [5.41, 5.74) is 7.33. The van der Waals surface area contributed by atoms with E-state index in [2.05, 4.69) is 11.4 Å². The van der Waals surface area contributed by atoms with Gasteiger partial charge in [-0.3, -0.25) is 4.79 Å². The van der Waals surface area contributed by atoms with E-state index in [0.717, 1.165) is 36.5 Å². The van der Waals surface area contributed by atoms with E-state index < -0.39 is 0 Å². The van der Waals surface area contributed by atoms with Crippen molar-refractivity contribution < 1.29 is 4.79 Å². The molecule has 1 rings (SSSR count). The van der Waals surface area contributed by atoms with Crippen molar-refractivity contribution in [2.24, 2.45) is 5.73 Å². The second-order valence-electron chi connectivity index (χ2n) is 4.18. The molecule has 0 aromatic heterocycles. The van der Waals surface area contributed by atoms with Crippen LogP contribution in [0.1, 0.15) is 30.4 Å². The molecule has 0 aliphatic carbocycles. The maximum absolute atomic E-state index is 10.5. The van der Waals surface area contributed by atoms with Gasteiger partial charge in [-0.25, -0.2) is 0 Å². The molecule has 0 bridgehead atoms. The van der Waals surface area contributed by atoms with E-state index in [9.17, 15) is 4.79 Å². The Morgan fingerprint density at radius 1 is 1.41 bits per heavy atom. The molecule has 1 amide bonds. The number of halogens is 1. The van der Waals surface area contributed by atoms with Crippen molar-refractivity contribution in [1.29, 1.82) is 0 Å². The molecule has 0 spiro atoms. The number of aryl methyl sites for hydroxylation is 1. The van der Waals surface area contributed by atoms with Crippen LogP contribution in [0.25, 0.3) is 0 Å². The zero-order valence-electron chi connectivity index (χ0n) is 10.1. The van der Waals surface area contributed by atoms with Gasteiger partial charge in [-0.2, -0.15) is 0 Å². The molecule has 3 nitrogen and oxygen atoms in total. The molecule has 0 saturated carbocycles. The zero-order valence-corrected chi connectivity index (χ0v) is 10.9. The number of hydrogen-bond donors (Lipinski definition) is 2. The third-order valence-electron chi connectivity index (χ3n) is 2.59. The number of unbranched alkanes of at least 4 members (excludes halogenated alkanes) is 1. The van der Waals surface area contributed by atoms with Crippen molar-refractivity contribution in [1.82, 2.24) is 5.32 Å². The van der Waals surface area contributed by atoms with Crippen molar-refractivity contribution in [2.75, 3.05) is 6.54 Å². The van der Waals surface area contributed by atoms with Crippen LogP contribution in [0, 0.1) is 6.92 Å². The molecular weight excluding hydrogens is 236 g/mol. The predicted octanol–water partition coefficient (Wildman–Crippen LogP) is 2.39. The lowest BCUT2D eigenvalue weighted by Crippen LogP contribution is -2.16. The highest BCUT2D eigenvalue weighted by Crippen LogP contribution is 2.16. The number of nitrogens with one attached hydrogen (secondary N) is 1. The lowest BCUT2D eigenvalue weighted by Gasteiger charge is -2.06. The van der Waals surface area contributed by atoms with Crippen LogP contribution in [0.15, 0.2) is 18.2 Å². The number of amides is 1. The molecule has 4 heteroatoms. The first-order valence-corrected chi connectivity index (χ1v) is 6.21. The SMILES string of the molecule is Cc1ccc(CNCCCCC(N)=O)cc1Cl. The summed E-state index contributed by atoms with van der Waals surface area (Å²) in [6, 6.07) is 6.07. The monoisotopic (exact) mass is 254 g/mol. The fourth-order valence-electron chi connectivity index (χ4n) is 1.53. The van der Waals surface area contributed by atoms with Gasteiger partial charge in [-0.15, -0.1) is 0 Å². The topological polar surface area (TPSA) is 55.1 Å². The Labute approximate surface area is 107 Å². The van der Waals surface area contributed by atoms with Gasteiger partial charge >= 0.3 is 0 Å². The largest absolute Gasteiger partial charge is 0.370 e. The molecule has 0 saturated heterocycles. The number of carbonyl (C=O) groups excluding carboxylic acids is 1. The number of carbonyl (C=O) groups is 1. The summed E-state index contributed by atoms with van der Waals surface area (Å²) < 4.78 is 0. The molecule has 0 radical (unpaired) electrons. The molecule has 1 aromatic carbocycles. The predicted molar refractivity (Wildman–Crippen MR) is 70.9 cm³/mol. The quantitative estimate of drug-likeness (QED) is 0.734. The van der Waals surface area contributed by atoms with Crippen molar-refractivity contribution in [3.8, 4) is 0 Å². The molecular formula is C13H19ClN2O. The number of primary amides is 1. The van der Waals surface area contributed by atoms with Gasteiger partial charge < -0.3 is 11.1 Å². The van der Waals surface area contributed by atoms with Crippen LogP contribution in [0.3, 0.4) is 0 Å². The first kappa shape index (κ1) is 14.0. The molecule has 0 atom stereocenters. The molecule has 0 heterocycles. The summed E-state index contributed by atoms with van der Waals surface area (Å²) in [6.45, 7) is 3.68. The molecule has 0 fully saturated rings.